The van der Waals surface area contributed by atoms with E-state index in [-0.39, 0.29) is 18.0 Å². The Kier molecular flexibility index (Phi) is 5.19. The second-order valence-corrected chi connectivity index (χ2v) is 3.17. The third kappa shape index (κ3) is 4.14. The van der Waals surface area contributed by atoms with Crippen LogP contribution in [0.4, 0.5) is 10.1 Å². The number of hydrazine groups is 1. The average Bonchev–Trinajstić information content (AvgIpc) is 2.37. The zero-order valence-electron chi connectivity index (χ0n) is 9.74. The number of nitriles is 1. The van der Waals surface area contributed by atoms with E-state index in [1.165, 1.54) is 30.5 Å². The molecule has 0 aliphatic rings. The van der Waals surface area contributed by atoms with Crippen LogP contribution in [0, 0.1) is 17.1 Å². The Hall–Kier alpha value is -2.55. The number of halogens is 1. The summed E-state index contributed by atoms with van der Waals surface area (Å²) < 4.78 is 17.3. The van der Waals surface area contributed by atoms with Crippen molar-refractivity contribution in [1.82, 2.24) is 5.43 Å². The lowest BCUT2D eigenvalue weighted by atomic mass is 10.3. The Bertz CT molecular complexity index is 477. The Morgan fingerprint density at radius 2 is 2.17 bits per heavy atom. The van der Waals surface area contributed by atoms with Crippen LogP contribution in [0.2, 0.25) is 0 Å². The van der Waals surface area contributed by atoms with E-state index in [9.17, 15) is 9.18 Å². The lowest BCUT2D eigenvalue weighted by Gasteiger charge is -2.06. The number of carbonyl (C=O) groups is 1. The number of rotatable bonds is 5. The molecule has 0 saturated carbocycles. The number of benzene rings is 1. The van der Waals surface area contributed by atoms with Gasteiger partial charge in [0.25, 0.3) is 0 Å². The summed E-state index contributed by atoms with van der Waals surface area (Å²) in [5.41, 5.74) is 5.67. The maximum atomic E-state index is 12.6. The minimum Gasteiger partial charge on any atom is -0.462 e. The second-order valence-electron chi connectivity index (χ2n) is 3.17. The maximum absolute atomic E-state index is 12.6. The van der Waals surface area contributed by atoms with E-state index in [4.69, 9.17) is 5.26 Å². The molecule has 0 aliphatic carbocycles. The van der Waals surface area contributed by atoms with Gasteiger partial charge in [0.1, 0.15) is 11.9 Å². The molecule has 1 aromatic rings. The fourth-order valence-electron chi connectivity index (χ4n) is 1.07. The molecule has 94 valence electrons. The van der Waals surface area contributed by atoms with Gasteiger partial charge < -0.3 is 15.6 Å². The van der Waals surface area contributed by atoms with Gasteiger partial charge in [-0.25, -0.2) is 9.18 Å². The van der Waals surface area contributed by atoms with Gasteiger partial charge in [-0.1, -0.05) is 0 Å². The summed E-state index contributed by atoms with van der Waals surface area (Å²) in [6.07, 6.45) is 1.18. The molecule has 0 atom stereocenters. The predicted molar refractivity (Wildman–Crippen MR) is 63.5 cm³/mol. The molecular weight excluding hydrogens is 237 g/mol. The van der Waals surface area contributed by atoms with Crippen LogP contribution in [0.25, 0.3) is 0 Å². The van der Waals surface area contributed by atoms with Gasteiger partial charge in [-0.15, -0.1) is 0 Å². The van der Waals surface area contributed by atoms with Crippen molar-refractivity contribution < 1.29 is 13.9 Å². The number of nitrogens with zero attached hydrogens (tertiary/aromatic N) is 1. The Morgan fingerprint density at radius 1 is 1.50 bits per heavy atom. The van der Waals surface area contributed by atoms with Gasteiger partial charge in [0.2, 0.25) is 0 Å². The van der Waals surface area contributed by atoms with Crippen LogP contribution < -0.4 is 10.9 Å². The molecule has 0 spiro atoms. The zero-order chi connectivity index (χ0) is 13.4. The van der Waals surface area contributed by atoms with Crippen molar-refractivity contribution in [1.29, 1.82) is 5.26 Å². The summed E-state index contributed by atoms with van der Waals surface area (Å²) >= 11 is 0. The summed E-state index contributed by atoms with van der Waals surface area (Å²) in [6.45, 7) is 1.85. The van der Waals surface area contributed by atoms with E-state index in [1.54, 1.807) is 13.0 Å². The molecular formula is C12H12FN3O2. The quantitative estimate of drug-likeness (QED) is 0.359. The summed E-state index contributed by atoms with van der Waals surface area (Å²) in [5, 5.41) is 8.72. The van der Waals surface area contributed by atoms with Crippen LogP contribution in [0.15, 0.2) is 36.0 Å². The molecule has 0 saturated heterocycles. The van der Waals surface area contributed by atoms with Gasteiger partial charge in [0.15, 0.2) is 5.57 Å². The lowest BCUT2D eigenvalue weighted by Crippen LogP contribution is -2.17. The van der Waals surface area contributed by atoms with Crippen molar-refractivity contribution in [2.75, 3.05) is 12.0 Å². The number of esters is 1. The first kappa shape index (κ1) is 13.5. The van der Waals surface area contributed by atoms with Crippen LogP contribution in [-0.2, 0) is 9.53 Å². The molecule has 18 heavy (non-hydrogen) atoms. The zero-order valence-corrected chi connectivity index (χ0v) is 9.74. The maximum Gasteiger partial charge on any atom is 0.350 e. The van der Waals surface area contributed by atoms with E-state index in [0.29, 0.717) is 5.69 Å². The first-order valence-electron chi connectivity index (χ1n) is 5.22. The highest BCUT2D eigenvalue weighted by Crippen LogP contribution is 2.06. The molecule has 0 fully saturated rings. The number of ether oxygens (including phenoxy) is 1. The molecule has 1 aromatic carbocycles. The molecule has 0 aromatic heterocycles. The van der Waals surface area contributed by atoms with Crippen LogP contribution in [-0.4, -0.2) is 12.6 Å². The highest BCUT2D eigenvalue weighted by molar-refractivity contribution is 5.92. The predicted octanol–water partition coefficient (Wildman–Crippen LogP) is 1.71. The SMILES string of the molecule is CCOC(=O)/C(C#N)=C/NNc1ccc(F)cc1. The normalized spacial score (nSPS) is 10.4. The van der Waals surface area contributed by atoms with Crippen LogP contribution in [0.1, 0.15) is 6.92 Å². The van der Waals surface area contributed by atoms with Crippen molar-refractivity contribution in [2.24, 2.45) is 0 Å². The minimum absolute atomic E-state index is 0.161. The van der Waals surface area contributed by atoms with E-state index >= 15 is 0 Å². The topological polar surface area (TPSA) is 74.2 Å². The average molecular weight is 249 g/mol. The molecule has 0 amide bonds. The second kappa shape index (κ2) is 6.91. The minimum atomic E-state index is -0.701. The van der Waals surface area contributed by atoms with Crippen molar-refractivity contribution >= 4 is 11.7 Å². The van der Waals surface area contributed by atoms with Crippen molar-refractivity contribution in [3.8, 4) is 6.07 Å². The fraction of sp³-hybridized carbons (Fsp3) is 0.167. The molecule has 6 heteroatoms. The number of nitrogens with one attached hydrogen (secondary N) is 2. The summed E-state index contributed by atoms with van der Waals surface area (Å²) in [4.78, 5) is 11.2. The molecule has 0 heterocycles. The molecule has 0 aliphatic heterocycles. The van der Waals surface area contributed by atoms with Gasteiger partial charge in [-0.05, 0) is 31.2 Å². The van der Waals surface area contributed by atoms with Gasteiger partial charge in [-0.3, -0.25) is 0 Å². The standard InChI is InChI=1S/C12H12FN3O2/c1-2-18-12(17)9(7-14)8-15-16-11-5-3-10(13)4-6-11/h3-6,8,15-16H,2H2,1H3/b9-8+. The molecule has 0 bridgehead atoms. The van der Waals surface area contributed by atoms with E-state index in [0.717, 1.165) is 0 Å². The van der Waals surface area contributed by atoms with E-state index in [1.807, 2.05) is 0 Å². The van der Waals surface area contributed by atoms with Crippen LogP contribution >= 0.6 is 0 Å². The first-order valence-corrected chi connectivity index (χ1v) is 5.22. The molecule has 1 rings (SSSR count). The summed E-state index contributed by atoms with van der Waals surface area (Å²) in [5.74, 6) is -1.05. The monoisotopic (exact) mass is 249 g/mol. The highest BCUT2D eigenvalue weighted by Gasteiger charge is 2.08. The van der Waals surface area contributed by atoms with E-state index < -0.39 is 5.97 Å². The molecule has 0 unspecified atom stereocenters. The Morgan fingerprint density at radius 3 is 2.72 bits per heavy atom. The highest BCUT2D eigenvalue weighted by atomic mass is 19.1. The summed E-state index contributed by atoms with van der Waals surface area (Å²) in [6, 6.07) is 7.28. The lowest BCUT2D eigenvalue weighted by molar-refractivity contribution is -0.138. The van der Waals surface area contributed by atoms with E-state index in [2.05, 4.69) is 15.6 Å². The number of hydrogen-bond acceptors (Lipinski definition) is 5. The number of hydrogen-bond donors (Lipinski definition) is 2. The van der Waals surface area contributed by atoms with Crippen molar-refractivity contribution in [3.63, 3.8) is 0 Å². The summed E-state index contributed by atoms with van der Waals surface area (Å²) in [7, 11) is 0. The Balaban J connectivity index is 2.55. The van der Waals surface area contributed by atoms with Gasteiger partial charge in [-0.2, -0.15) is 5.26 Å². The van der Waals surface area contributed by atoms with Crippen LogP contribution in [0.3, 0.4) is 0 Å². The smallest absolute Gasteiger partial charge is 0.350 e. The van der Waals surface area contributed by atoms with Gasteiger partial charge >= 0.3 is 5.97 Å². The van der Waals surface area contributed by atoms with Crippen molar-refractivity contribution in [3.05, 3.63) is 41.9 Å². The largest absolute Gasteiger partial charge is 0.462 e. The molecule has 2 N–H and O–H groups in total. The number of anilines is 1. The third-order valence-corrected chi connectivity index (χ3v) is 1.89. The molecule has 5 nitrogen and oxygen atoms in total. The van der Waals surface area contributed by atoms with Gasteiger partial charge in [0, 0.05) is 6.20 Å². The first-order chi connectivity index (χ1) is 8.67. The van der Waals surface area contributed by atoms with Gasteiger partial charge in [0.05, 0.1) is 12.3 Å². The number of carbonyl (C=O) groups excluding carboxylic acids is 1. The fourth-order valence-corrected chi connectivity index (χ4v) is 1.07. The third-order valence-electron chi connectivity index (χ3n) is 1.89. The van der Waals surface area contributed by atoms with Crippen LogP contribution in [0.5, 0.6) is 0 Å². The Labute approximate surface area is 104 Å². The van der Waals surface area contributed by atoms with Crippen molar-refractivity contribution in [2.45, 2.75) is 6.92 Å². The molecule has 0 radical (unpaired) electrons.